The smallest absolute Gasteiger partial charge is 0.147 e. The van der Waals surface area contributed by atoms with Crippen LogP contribution >= 0.6 is 11.6 Å². The minimum Gasteiger partial charge on any atom is -0.497 e. The Labute approximate surface area is 113 Å². The molecule has 0 atom stereocenters. The number of sulfone groups is 1. The van der Waals surface area contributed by atoms with Crippen molar-refractivity contribution in [2.24, 2.45) is 0 Å². The summed E-state index contributed by atoms with van der Waals surface area (Å²) in [6.45, 7) is 0.337. The van der Waals surface area contributed by atoms with E-state index in [4.69, 9.17) is 21.1 Å². The van der Waals surface area contributed by atoms with Gasteiger partial charge in [0.2, 0.25) is 0 Å². The fraction of sp³-hybridized carbons (Fsp3) is 0.500. The molecule has 18 heavy (non-hydrogen) atoms. The van der Waals surface area contributed by atoms with Crippen LogP contribution in [-0.2, 0) is 15.7 Å². The molecule has 0 bridgehead atoms. The van der Waals surface area contributed by atoms with Crippen molar-refractivity contribution in [3.05, 3.63) is 23.8 Å². The molecule has 0 heterocycles. The van der Waals surface area contributed by atoms with Crippen molar-refractivity contribution in [3.63, 3.8) is 0 Å². The topological polar surface area (TPSA) is 52.6 Å². The van der Waals surface area contributed by atoms with Crippen LogP contribution in [0.15, 0.2) is 18.2 Å². The molecule has 4 nitrogen and oxygen atoms in total. The molecule has 0 aromatic heterocycles. The molecular formula is C12H17ClO4S. The molecular weight excluding hydrogens is 276 g/mol. The zero-order valence-electron chi connectivity index (χ0n) is 10.5. The fourth-order valence-corrected chi connectivity index (χ4v) is 2.27. The summed E-state index contributed by atoms with van der Waals surface area (Å²) in [5, 5.41) is 0. The first-order valence-corrected chi connectivity index (χ1v) is 8.09. The van der Waals surface area contributed by atoms with E-state index in [0.717, 1.165) is 5.56 Å². The van der Waals surface area contributed by atoms with Gasteiger partial charge in [-0.15, -0.1) is 11.6 Å². The Morgan fingerprint density at radius 2 is 2.06 bits per heavy atom. The third kappa shape index (κ3) is 5.14. The molecule has 0 saturated carbocycles. The van der Waals surface area contributed by atoms with E-state index in [1.54, 1.807) is 19.2 Å². The van der Waals surface area contributed by atoms with Gasteiger partial charge < -0.3 is 9.47 Å². The maximum Gasteiger partial charge on any atom is 0.147 e. The predicted molar refractivity (Wildman–Crippen MR) is 72.4 cm³/mol. The summed E-state index contributed by atoms with van der Waals surface area (Å²) in [7, 11) is -1.37. The van der Waals surface area contributed by atoms with Crippen molar-refractivity contribution < 1.29 is 17.9 Å². The monoisotopic (exact) mass is 292 g/mol. The van der Waals surface area contributed by atoms with Crippen LogP contribution < -0.4 is 9.47 Å². The highest BCUT2D eigenvalue weighted by Gasteiger charge is 2.06. The van der Waals surface area contributed by atoms with E-state index < -0.39 is 9.84 Å². The minimum absolute atomic E-state index is 0.118. The maximum atomic E-state index is 11.0. The van der Waals surface area contributed by atoms with Crippen molar-refractivity contribution in [2.75, 3.05) is 25.7 Å². The normalized spacial score (nSPS) is 11.3. The first-order chi connectivity index (χ1) is 8.46. The number of halogens is 1. The van der Waals surface area contributed by atoms with Gasteiger partial charge in [0, 0.05) is 17.9 Å². The van der Waals surface area contributed by atoms with Gasteiger partial charge in [-0.3, -0.25) is 0 Å². The van der Waals surface area contributed by atoms with Crippen LogP contribution in [-0.4, -0.2) is 34.1 Å². The quantitative estimate of drug-likeness (QED) is 0.571. The number of benzene rings is 1. The number of methoxy groups -OCH3 is 1. The summed E-state index contributed by atoms with van der Waals surface area (Å²) in [6, 6.07) is 5.39. The van der Waals surface area contributed by atoms with E-state index in [-0.39, 0.29) is 5.75 Å². The molecule has 6 heteroatoms. The van der Waals surface area contributed by atoms with E-state index in [2.05, 4.69) is 0 Å². The average Bonchev–Trinajstić information content (AvgIpc) is 2.33. The van der Waals surface area contributed by atoms with Crippen LogP contribution in [0.3, 0.4) is 0 Å². The first kappa shape index (κ1) is 15.1. The lowest BCUT2D eigenvalue weighted by molar-refractivity contribution is 0.312. The molecule has 0 aliphatic rings. The van der Waals surface area contributed by atoms with Gasteiger partial charge in [0.05, 0.1) is 25.3 Å². The Balaban J connectivity index is 2.60. The van der Waals surface area contributed by atoms with Gasteiger partial charge in [-0.2, -0.15) is 0 Å². The van der Waals surface area contributed by atoms with Crippen LogP contribution in [0.4, 0.5) is 0 Å². The Kier molecular flexibility index (Phi) is 5.75. The molecule has 0 radical (unpaired) electrons. The SMILES string of the molecule is COc1ccc(CCl)c(OCCCS(C)(=O)=O)c1. The molecule has 0 unspecified atom stereocenters. The highest BCUT2D eigenvalue weighted by atomic mass is 35.5. The van der Waals surface area contributed by atoms with Crippen LogP contribution in [0.5, 0.6) is 11.5 Å². The molecule has 0 amide bonds. The Hall–Kier alpha value is -0.940. The van der Waals surface area contributed by atoms with Gasteiger partial charge >= 0.3 is 0 Å². The van der Waals surface area contributed by atoms with Crippen LogP contribution in [0, 0.1) is 0 Å². The van der Waals surface area contributed by atoms with E-state index in [1.165, 1.54) is 6.26 Å². The van der Waals surface area contributed by atoms with Crippen LogP contribution in [0.25, 0.3) is 0 Å². The summed E-state index contributed by atoms with van der Waals surface area (Å²) in [5.74, 6) is 1.78. The van der Waals surface area contributed by atoms with E-state index in [1.807, 2.05) is 6.07 Å². The van der Waals surface area contributed by atoms with E-state index in [0.29, 0.717) is 30.4 Å². The summed E-state index contributed by atoms with van der Waals surface area (Å²) in [4.78, 5) is 0. The maximum absolute atomic E-state index is 11.0. The molecule has 1 aromatic rings. The lowest BCUT2D eigenvalue weighted by Crippen LogP contribution is -2.08. The molecule has 0 spiro atoms. The lowest BCUT2D eigenvalue weighted by Gasteiger charge is -2.11. The molecule has 102 valence electrons. The van der Waals surface area contributed by atoms with E-state index >= 15 is 0 Å². The second kappa shape index (κ2) is 6.85. The van der Waals surface area contributed by atoms with Gasteiger partial charge in [-0.05, 0) is 12.5 Å². The number of hydrogen-bond donors (Lipinski definition) is 0. The Morgan fingerprint density at radius 3 is 2.61 bits per heavy atom. The number of rotatable bonds is 7. The van der Waals surface area contributed by atoms with Crippen molar-refractivity contribution in [3.8, 4) is 11.5 Å². The van der Waals surface area contributed by atoms with Crippen LogP contribution in [0.1, 0.15) is 12.0 Å². The van der Waals surface area contributed by atoms with E-state index in [9.17, 15) is 8.42 Å². The summed E-state index contributed by atoms with van der Waals surface area (Å²) in [6.07, 6.45) is 1.67. The molecule has 1 aromatic carbocycles. The fourth-order valence-electron chi connectivity index (χ4n) is 1.41. The highest BCUT2D eigenvalue weighted by Crippen LogP contribution is 2.26. The molecule has 1 rings (SSSR count). The summed E-state index contributed by atoms with van der Waals surface area (Å²) < 4.78 is 32.6. The van der Waals surface area contributed by atoms with Crippen molar-refractivity contribution in [2.45, 2.75) is 12.3 Å². The average molecular weight is 293 g/mol. The lowest BCUT2D eigenvalue weighted by atomic mass is 10.2. The first-order valence-electron chi connectivity index (χ1n) is 5.49. The Morgan fingerprint density at radius 1 is 1.33 bits per heavy atom. The van der Waals surface area contributed by atoms with Gasteiger partial charge in [0.25, 0.3) is 0 Å². The van der Waals surface area contributed by atoms with Gasteiger partial charge in [-0.25, -0.2) is 8.42 Å². The largest absolute Gasteiger partial charge is 0.497 e. The van der Waals surface area contributed by atoms with Crippen molar-refractivity contribution in [1.29, 1.82) is 0 Å². The number of alkyl halides is 1. The second-order valence-electron chi connectivity index (χ2n) is 3.94. The van der Waals surface area contributed by atoms with Crippen molar-refractivity contribution >= 4 is 21.4 Å². The minimum atomic E-state index is -2.94. The third-order valence-electron chi connectivity index (χ3n) is 2.34. The number of hydrogen-bond acceptors (Lipinski definition) is 4. The summed E-state index contributed by atoms with van der Waals surface area (Å²) >= 11 is 5.80. The molecule has 0 N–H and O–H groups in total. The second-order valence-corrected chi connectivity index (χ2v) is 6.47. The summed E-state index contributed by atoms with van der Waals surface area (Å²) in [5.41, 5.74) is 0.858. The highest BCUT2D eigenvalue weighted by molar-refractivity contribution is 7.90. The van der Waals surface area contributed by atoms with Crippen molar-refractivity contribution in [1.82, 2.24) is 0 Å². The molecule has 0 aliphatic carbocycles. The molecule has 0 saturated heterocycles. The van der Waals surface area contributed by atoms with Gasteiger partial charge in [0.1, 0.15) is 21.3 Å². The van der Waals surface area contributed by atoms with Crippen LogP contribution in [0.2, 0.25) is 0 Å². The predicted octanol–water partition coefficient (Wildman–Crippen LogP) is 2.25. The zero-order valence-corrected chi connectivity index (χ0v) is 12.1. The molecule has 0 fully saturated rings. The van der Waals surface area contributed by atoms with Gasteiger partial charge in [0.15, 0.2) is 0 Å². The standard InChI is InChI=1S/C12H17ClO4S/c1-16-11-5-4-10(9-13)12(8-11)17-6-3-7-18(2,14)15/h4-5,8H,3,6-7,9H2,1-2H3. The number of ether oxygens (including phenoxy) is 2. The molecule has 0 aliphatic heterocycles. The Bertz CT molecular complexity index is 485. The van der Waals surface area contributed by atoms with Gasteiger partial charge in [-0.1, -0.05) is 6.07 Å². The third-order valence-corrected chi connectivity index (χ3v) is 3.65. The zero-order chi connectivity index (χ0) is 13.6.